The van der Waals surface area contributed by atoms with Crippen LogP contribution in [0, 0.1) is 5.82 Å². The van der Waals surface area contributed by atoms with E-state index in [0.29, 0.717) is 31.3 Å². The van der Waals surface area contributed by atoms with Gasteiger partial charge in [-0.15, -0.1) is 0 Å². The fourth-order valence-electron chi connectivity index (χ4n) is 3.64. The lowest BCUT2D eigenvalue weighted by Crippen LogP contribution is -2.50. The first-order valence-corrected chi connectivity index (χ1v) is 11.5. The van der Waals surface area contributed by atoms with Crippen molar-refractivity contribution in [2.75, 3.05) is 19.6 Å². The van der Waals surface area contributed by atoms with Gasteiger partial charge in [0.15, 0.2) is 5.82 Å². The van der Waals surface area contributed by atoms with Crippen molar-refractivity contribution in [2.24, 2.45) is 0 Å². The van der Waals surface area contributed by atoms with Gasteiger partial charge in [-0.3, -0.25) is 4.98 Å². The van der Waals surface area contributed by atoms with Gasteiger partial charge in [-0.1, -0.05) is 12.1 Å². The van der Waals surface area contributed by atoms with Gasteiger partial charge in [-0.2, -0.15) is 4.31 Å². The average Bonchev–Trinajstić information content (AvgIpc) is 2.63. The van der Waals surface area contributed by atoms with Gasteiger partial charge in [-0.05, 0) is 46.6 Å². The van der Waals surface area contributed by atoms with E-state index in [9.17, 15) is 17.6 Å². The van der Waals surface area contributed by atoms with Crippen LogP contribution in [-0.2, 0) is 14.8 Å². The minimum atomic E-state index is -4.00. The summed E-state index contributed by atoms with van der Waals surface area (Å²) < 4.78 is 48.4. The highest BCUT2D eigenvalue weighted by Gasteiger charge is 2.34. The number of carbonyl (C=O) groups is 1. The first-order valence-electron chi connectivity index (χ1n) is 10.0. The van der Waals surface area contributed by atoms with Crippen molar-refractivity contribution in [3.05, 3.63) is 36.4 Å². The van der Waals surface area contributed by atoms with Crippen LogP contribution >= 0.6 is 0 Å². The third kappa shape index (κ3) is 4.73. The fourth-order valence-corrected chi connectivity index (χ4v) is 5.53. The monoisotopic (exact) mass is 437 g/mol. The molecule has 0 saturated carbocycles. The fraction of sp³-hybridized carbons (Fsp3) is 0.524. The van der Waals surface area contributed by atoms with Crippen molar-refractivity contribution in [2.45, 2.75) is 57.1 Å². The molecule has 9 heteroatoms. The molecule has 2 heterocycles. The molecule has 1 aliphatic rings. The molecule has 1 aromatic carbocycles. The minimum absolute atomic E-state index is 0.0331. The van der Waals surface area contributed by atoms with Gasteiger partial charge in [0.2, 0.25) is 10.0 Å². The number of carbonyl (C=O) groups excluding carboxylic acids is 1. The van der Waals surface area contributed by atoms with Crippen LogP contribution in [0.2, 0.25) is 0 Å². The molecule has 1 amide bonds. The number of sulfonamides is 1. The number of amides is 1. The molecule has 0 bridgehead atoms. The van der Waals surface area contributed by atoms with E-state index in [4.69, 9.17) is 4.74 Å². The molecule has 2 aromatic rings. The number of benzene rings is 1. The van der Waals surface area contributed by atoms with Gasteiger partial charge < -0.3 is 9.64 Å². The first kappa shape index (κ1) is 22.4. The third-order valence-electron chi connectivity index (χ3n) is 4.97. The van der Waals surface area contributed by atoms with E-state index < -0.39 is 33.6 Å². The van der Waals surface area contributed by atoms with Gasteiger partial charge in [0.1, 0.15) is 5.60 Å². The van der Waals surface area contributed by atoms with Crippen LogP contribution in [0.5, 0.6) is 0 Å². The van der Waals surface area contributed by atoms with Gasteiger partial charge in [0, 0.05) is 42.6 Å². The van der Waals surface area contributed by atoms with Crippen LogP contribution in [0.1, 0.15) is 40.5 Å². The number of aromatic nitrogens is 1. The van der Waals surface area contributed by atoms with E-state index in [1.54, 1.807) is 44.7 Å². The Morgan fingerprint density at radius 2 is 1.90 bits per heavy atom. The summed E-state index contributed by atoms with van der Waals surface area (Å²) in [6, 6.07) is 4.13. The van der Waals surface area contributed by atoms with E-state index in [1.807, 2.05) is 0 Å². The van der Waals surface area contributed by atoms with Crippen LogP contribution in [0.15, 0.2) is 35.5 Å². The molecule has 1 atom stereocenters. The molecule has 30 heavy (non-hydrogen) atoms. The second kappa shape index (κ2) is 8.47. The molecule has 1 aromatic heterocycles. The average molecular weight is 438 g/mol. The number of hydrogen-bond donors (Lipinski definition) is 0. The second-order valence-electron chi connectivity index (χ2n) is 8.57. The van der Waals surface area contributed by atoms with Crippen LogP contribution in [-0.4, -0.2) is 60.0 Å². The van der Waals surface area contributed by atoms with Crippen LogP contribution < -0.4 is 0 Å². The molecule has 1 unspecified atom stereocenters. The molecule has 0 radical (unpaired) electrons. The van der Waals surface area contributed by atoms with Crippen molar-refractivity contribution in [3.63, 3.8) is 0 Å². The molecule has 0 N–H and O–H groups in total. The Balaban J connectivity index is 1.94. The highest BCUT2D eigenvalue weighted by Crippen LogP contribution is 2.29. The summed E-state index contributed by atoms with van der Waals surface area (Å²) in [5.41, 5.74) is -0.636. The van der Waals surface area contributed by atoms with E-state index in [2.05, 4.69) is 4.98 Å². The number of ether oxygens (including phenoxy) is 1. The zero-order valence-corrected chi connectivity index (χ0v) is 18.6. The predicted molar refractivity (Wildman–Crippen MR) is 112 cm³/mol. The zero-order chi connectivity index (χ0) is 22.1. The largest absolute Gasteiger partial charge is 0.444 e. The van der Waals surface area contributed by atoms with Crippen molar-refractivity contribution in [3.8, 4) is 0 Å². The summed E-state index contributed by atoms with van der Waals surface area (Å²) in [7, 11) is -4.00. The summed E-state index contributed by atoms with van der Waals surface area (Å²) in [5, 5.41) is 0.455. The Morgan fingerprint density at radius 1 is 1.20 bits per heavy atom. The Morgan fingerprint density at radius 3 is 2.60 bits per heavy atom. The van der Waals surface area contributed by atoms with Crippen molar-refractivity contribution in [1.82, 2.24) is 14.2 Å². The molecule has 1 saturated heterocycles. The standard InChI is InChI=1S/C21H28FN3O4S/c1-15-14-24(20(26)29-21(2,3)4)10-5-6-11-25(15)30(27,28)18-9-7-8-16-12-23-13-17(22)19(16)18/h7-9,12-13,15H,5-6,10-11,14H2,1-4H3. The zero-order valence-electron chi connectivity index (χ0n) is 17.8. The van der Waals surface area contributed by atoms with Crippen LogP contribution in [0.4, 0.5) is 9.18 Å². The maximum Gasteiger partial charge on any atom is 0.410 e. The molecule has 7 nitrogen and oxygen atoms in total. The molecule has 0 aliphatic carbocycles. The molecule has 1 fully saturated rings. The topological polar surface area (TPSA) is 79.8 Å². The number of fused-ring (bicyclic) bond motifs is 1. The molecule has 164 valence electrons. The summed E-state index contributed by atoms with van der Waals surface area (Å²) in [4.78, 5) is 17.8. The Hall–Kier alpha value is -2.26. The highest BCUT2D eigenvalue weighted by atomic mass is 32.2. The first-order chi connectivity index (χ1) is 14.0. The minimum Gasteiger partial charge on any atom is -0.444 e. The number of rotatable bonds is 2. The molecular formula is C21H28FN3O4S. The Labute approximate surface area is 176 Å². The van der Waals surface area contributed by atoms with Crippen LogP contribution in [0.25, 0.3) is 10.8 Å². The lowest BCUT2D eigenvalue weighted by Gasteiger charge is -2.36. The molecule has 1 aliphatic heterocycles. The van der Waals surface area contributed by atoms with Gasteiger partial charge in [-0.25, -0.2) is 17.6 Å². The van der Waals surface area contributed by atoms with Crippen LogP contribution in [0.3, 0.4) is 0 Å². The predicted octanol–water partition coefficient (Wildman–Crippen LogP) is 3.78. The van der Waals surface area contributed by atoms with E-state index >= 15 is 0 Å². The smallest absolute Gasteiger partial charge is 0.410 e. The number of pyridine rings is 1. The summed E-state index contributed by atoms with van der Waals surface area (Å²) >= 11 is 0. The van der Waals surface area contributed by atoms with Crippen molar-refractivity contribution < 1.29 is 22.3 Å². The molecule has 3 rings (SSSR count). The van der Waals surface area contributed by atoms with Gasteiger partial charge in [0.05, 0.1) is 11.1 Å². The quantitative estimate of drug-likeness (QED) is 0.714. The van der Waals surface area contributed by atoms with E-state index in [-0.39, 0.29) is 16.8 Å². The SMILES string of the molecule is CC1CN(C(=O)OC(C)(C)C)CCCCN1S(=O)(=O)c1cccc2cncc(F)c12. The van der Waals surface area contributed by atoms with Gasteiger partial charge in [0.25, 0.3) is 0 Å². The maximum absolute atomic E-state index is 14.5. The summed E-state index contributed by atoms with van der Waals surface area (Å²) in [6.07, 6.45) is 3.22. The third-order valence-corrected chi connectivity index (χ3v) is 7.03. The molecule has 0 spiro atoms. The number of halogens is 1. The van der Waals surface area contributed by atoms with E-state index in [0.717, 1.165) is 6.20 Å². The Bertz CT molecular complexity index is 1030. The normalized spacial score (nSPS) is 19.4. The maximum atomic E-state index is 14.5. The summed E-state index contributed by atoms with van der Waals surface area (Å²) in [5.74, 6) is -0.679. The number of hydrogen-bond acceptors (Lipinski definition) is 5. The highest BCUT2D eigenvalue weighted by molar-refractivity contribution is 7.89. The van der Waals surface area contributed by atoms with Gasteiger partial charge >= 0.3 is 6.09 Å². The lowest BCUT2D eigenvalue weighted by molar-refractivity contribution is 0.0198. The Kier molecular flexibility index (Phi) is 6.33. The molecular weight excluding hydrogens is 409 g/mol. The van der Waals surface area contributed by atoms with Crippen molar-refractivity contribution >= 4 is 26.9 Å². The van der Waals surface area contributed by atoms with E-state index in [1.165, 1.54) is 16.6 Å². The number of nitrogens with zero attached hydrogens (tertiary/aromatic N) is 3. The van der Waals surface area contributed by atoms with Crippen molar-refractivity contribution in [1.29, 1.82) is 0 Å². The second-order valence-corrected chi connectivity index (χ2v) is 10.4. The summed E-state index contributed by atoms with van der Waals surface area (Å²) in [6.45, 7) is 8.12. The lowest BCUT2D eigenvalue weighted by atomic mass is 10.2.